The highest BCUT2D eigenvalue weighted by atomic mass is 16.4. The minimum absolute atomic E-state index is 0.233. The maximum atomic E-state index is 9.59. The third-order valence-corrected chi connectivity index (χ3v) is 2.63. The van der Waals surface area contributed by atoms with Gasteiger partial charge >= 0.3 is 7.12 Å². The van der Waals surface area contributed by atoms with Gasteiger partial charge < -0.3 is 15.2 Å². The van der Waals surface area contributed by atoms with E-state index in [0.717, 1.165) is 11.1 Å². The zero-order chi connectivity index (χ0) is 13.0. The molecule has 0 unspecified atom stereocenters. The van der Waals surface area contributed by atoms with E-state index in [2.05, 4.69) is 0 Å². The molecule has 0 aliphatic rings. The molecule has 0 atom stereocenters. The average Bonchev–Trinajstić information content (AvgIpc) is 2.38. The van der Waals surface area contributed by atoms with Crippen molar-refractivity contribution >= 4 is 24.7 Å². The Kier molecular flexibility index (Phi) is 3.82. The molecular formula is C14H13BO3. The van der Waals surface area contributed by atoms with Crippen LogP contribution < -0.4 is 5.46 Å². The normalized spacial score (nSPS) is 10.8. The quantitative estimate of drug-likeness (QED) is 0.558. The summed E-state index contributed by atoms with van der Waals surface area (Å²) in [5.41, 5.74) is 2.11. The first-order valence-corrected chi connectivity index (χ1v) is 5.59. The molecule has 3 N–H and O–H groups in total. The average molecular weight is 240 g/mol. The highest BCUT2D eigenvalue weighted by molar-refractivity contribution is 6.58. The lowest BCUT2D eigenvalue weighted by Gasteiger charge is -2.00. The van der Waals surface area contributed by atoms with Crippen molar-refractivity contribution in [1.82, 2.24) is 0 Å². The molecule has 0 bridgehead atoms. The van der Waals surface area contributed by atoms with Gasteiger partial charge in [-0.2, -0.15) is 0 Å². The second-order valence-electron chi connectivity index (χ2n) is 3.93. The minimum atomic E-state index is -1.44. The first-order chi connectivity index (χ1) is 8.66. The van der Waals surface area contributed by atoms with E-state index in [-0.39, 0.29) is 5.75 Å². The van der Waals surface area contributed by atoms with Crippen LogP contribution in [0.25, 0.3) is 12.2 Å². The number of rotatable bonds is 3. The van der Waals surface area contributed by atoms with Gasteiger partial charge in [0, 0.05) is 5.56 Å². The molecule has 2 rings (SSSR count). The molecule has 90 valence electrons. The van der Waals surface area contributed by atoms with Crippen molar-refractivity contribution in [2.75, 3.05) is 0 Å². The molecule has 18 heavy (non-hydrogen) atoms. The van der Waals surface area contributed by atoms with Gasteiger partial charge in [-0.15, -0.1) is 0 Å². The van der Waals surface area contributed by atoms with Gasteiger partial charge in [-0.25, -0.2) is 0 Å². The molecule has 0 aliphatic heterocycles. The van der Waals surface area contributed by atoms with E-state index in [1.165, 1.54) is 0 Å². The molecule has 0 fully saturated rings. The van der Waals surface area contributed by atoms with Crippen LogP contribution >= 0.6 is 0 Å². The van der Waals surface area contributed by atoms with Gasteiger partial charge in [-0.3, -0.25) is 0 Å². The predicted octanol–water partition coefficient (Wildman–Crippen LogP) is 1.24. The summed E-state index contributed by atoms with van der Waals surface area (Å²) in [5, 5.41) is 27.5. The number of para-hydroxylation sites is 1. The van der Waals surface area contributed by atoms with Gasteiger partial charge in [0.05, 0.1) is 0 Å². The maximum absolute atomic E-state index is 9.59. The lowest BCUT2D eigenvalue weighted by atomic mass is 9.80. The van der Waals surface area contributed by atoms with Crippen molar-refractivity contribution < 1.29 is 15.2 Å². The second kappa shape index (κ2) is 5.53. The largest absolute Gasteiger partial charge is 0.507 e. The molecule has 0 aromatic heterocycles. The van der Waals surface area contributed by atoms with Gasteiger partial charge in [0.25, 0.3) is 0 Å². The number of phenolic OH excluding ortho intramolecular Hbond substituents is 1. The summed E-state index contributed by atoms with van der Waals surface area (Å²) in [5.74, 6) is 0.233. The van der Waals surface area contributed by atoms with Crippen LogP contribution in [-0.2, 0) is 0 Å². The van der Waals surface area contributed by atoms with E-state index < -0.39 is 7.12 Å². The number of phenols is 1. The van der Waals surface area contributed by atoms with Crippen LogP contribution in [0.2, 0.25) is 0 Å². The molecule has 2 aromatic rings. The summed E-state index contributed by atoms with van der Waals surface area (Å²) in [4.78, 5) is 0. The molecular weight excluding hydrogens is 227 g/mol. The number of benzene rings is 2. The molecule has 0 saturated heterocycles. The minimum Gasteiger partial charge on any atom is -0.507 e. The Morgan fingerprint density at radius 3 is 2.11 bits per heavy atom. The topological polar surface area (TPSA) is 60.7 Å². The van der Waals surface area contributed by atoms with Crippen molar-refractivity contribution in [2.24, 2.45) is 0 Å². The van der Waals surface area contributed by atoms with Crippen molar-refractivity contribution in [3.63, 3.8) is 0 Å². The van der Waals surface area contributed by atoms with E-state index >= 15 is 0 Å². The Balaban J connectivity index is 2.17. The fourth-order valence-corrected chi connectivity index (χ4v) is 1.59. The Hall–Kier alpha value is -2.04. The molecule has 0 aliphatic carbocycles. The highest BCUT2D eigenvalue weighted by Crippen LogP contribution is 2.18. The lowest BCUT2D eigenvalue weighted by molar-refractivity contribution is 0.426. The van der Waals surface area contributed by atoms with E-state index in [0.29, 0.717) is 5.46 Å². The van der Waals surface area contributed by atoms with Crippen LogP contribution in [0.1, 0.15) is 11.1 Å². The van der Waals surface area contributed by atoms with Gasteiger partial charge in [-0.05, 0) is 17.1 Å². The summed E-state index contributed by atoms with van der Waals surface area (Å²) >= 11 is 0. The predicted molar refractivity (Wildman–Crippen MR) is 73.3 cm³/mol. The SMILES string of the molecule is OB(O)c1ccc(/C=C/c2ccccc2O)cc1. The van der Waals surface area contributed by atoms with Gasteiger partial charge in [-0.1, -0.05) is 54.6 Å². The van der Waals surface area contributed by atoms with Crippen LogP contribution in [0, 0.1) is 0 Å². The molecule has 0 radical (unpaired) electrons. The summed E-state index contributed by atoms with van der Waals surface area (Å²) in [7, 11) is -1.44. The van der Waals surface area contributed by atoms with E-state index in [9.17, 15) is 5.11 Å². The van der Waals surface area contributed by atoms with Crippen LogP contribution in [0.3, 0.4) is 0 Å². The maximum Gasteiger partial charge on any atom is 0.488 e. The molecule has 0 saturated carbocycles. The van der Waals surface area contributed by atoms with E-state index in [4.69, 9.17) is 10.0 Å². The zero-order valence-electron chi connectivity index (χ0n) is 9.69. The molecule has 0 heterocycles. The second-order valence-corrected chi connectivity index (χ2v) is 3.93. The number of hydrogen-bond donors (Lipinski definition) is 3. The summed E-state index contributed by atoms with van der Waals surface area (Å²) in [6.07, 6.45) is 3.66. The Morgan fingerprint density at radius 1 is 0.833 bits per heavy atom. The van der Waals surface area contributed by atoms with Crippen molar-refractivity contribution in [1.29, 1.82) is 0 Å². The zero-order valence-corrected chi connectivity index (χ0v) is 9.69. The smallest absolute Gasteiger partial charge is 0.488 e. The third kappa shape index (κ3) is 3.00. The van der Waals surface area contributed by atoms with Crippen molar-refractivity contribution in [2.45, 2.75) is 0 Å². The molecule has 3 nitrogen and oxygen atoms in total. The van der Waals surface area contributed by atoms with Crippen molar-refractivity contribution in [3.05, 3.63) is 59.7 Å². The van der Waals surface area contributed by atoms with Gasteiger partial charge in [0.1, 0.15) is 5.75 Å². The fraction of sp³-hybridized carbons (Fsp3) is 0. The van der Waals surface area contributed by atoms with Crippen LogP contribution in [0.5, 0.6) is 5.75 Å². The van der Waals surface area contributed by atoms with E-state index in [1.54, 1.807) is 42.5 Å². The molecule has 2 aromatic carbocycles. The first kappa shape index (κ1) is 12.4. The Morgan fingerprint density at radius 2 is 1.50 bits per heavy atom. The van der Waals surface area contributed by atoms with Crippen LogP contribution in [0.15, 0.2) is 48.5 Å². The summed E-state index contributed by atoms with van der Waals surface area (Å²) in [6.45, 7) is 0. The third-order valence-electron chi connectivity index (χ3n) is 2.63. The molecule has 0 amide bonds. The Labute approximate surface area is 106 Å². The van der Waals surface area contributed by atoms with Crippen LogP contribution in [0.4, 0.5) is 0 Å². The summed E-state index contributed by atoms with van der Waals surface area (Å²) < 4.78 is 0. The number of aromatic hydroxyl groups is 1. The van der Waals surface area contributed by atoms with Crippen molar-refractivity contribution in [3.8, 4) is 5.75 Å². The first-order valence-electron chi connectivity index (χ1n) is 5.59. The fourth-order valence-electron chi connectivity index (χ4n) is 1.59. The molecule has 0 spiro atoms. The van der Waals surface area contributed by atoms with Crippen LogP contribution in [-0.4, -0.2) is 22.3 Å². The lowest BCUT2D eigenvalue weighted by Crippen LogP contribution is -2.29. The number of hydrogen-bond acceptors (Lipinski definition) is 3. The van der Waals surface area contributed by atoms with Gasteiger partial charge in [0.15, 0.2) is 0 Å². The standard InChI is InChI=1S/C14H13BO3/c16-14-4-2-1-3-12(14)8-5-11-6-9-13(10-7-11)15(17)18/h1-10,16-18H/b8-5+. The van der Waals surface area contributed by atoms with Gasteiger partial charge in [0.2, 0.25) is 0 Å². The van der Waals surface area contributed by atoms with E-state index in [1.807, 2.05) is 18.2 Å². The Bertz CT molecular complexity index is 547. The monoisotopic (exact) mass is 240 g/mol. The molecule has 4 heteroatoms. The summed E-state index contributed by atoms with van der Waals surface area (Å²) in [6, 6.07) is 13.9. The highest BCUT2D eigenvalue weighted by Gasteiger charge is 2.08.